The summed E-state index contributed by atoms with van der Waals surface area (Å²) in [5.74, 6) is 2.21. The molecule has 0 amide bonds. The van der Waals surface area contributed by atoms with Crippen LogP contribution in [-0.2, 0) is 4.74 Å². The van der Waals surface area contributed by atoms with Crippen LogP contribution in [0, 0.1) is 11.3 Å². The molecule has 0 radical (unpaired) electrons. The van der Waals surface area contributed by atoms with Crippen LogP contribution < -0.4 is 15.4 Å². The molecule has 1 spiro atoms. The van der Waals surface area contributed by atoms with Crippen molar-refractivity contribution in [1.29, 1.82) is 0 Å². The van der Waals surface area contributed by atoms with Crippen molar-refractivity contribution in [2.24, 2.45) is 16.3 Å². The Morgan fingerprint density at radius 1 is 1.30 bits per heavy atom. The van der Waals surface area contributed by atoms with Crippen molar-refractivity contribution in [3.63, 3.8) is 0 Å². The van der Waals surface area contributed by atoms with E-state index in [0.717, 1.165) is 36.8 Å². The van der Waals surface area contributed by atoms with E-state index in [1.165, 1.54) is 19.3 Å². The van der Waals surface area contributed by atoms with Crippen LogP contribution in [-0.4, -0.2) is 49.0 Å². The minimum Gasteiger partial charge on any atom is -0.491 e. The number of ether oxygens (including phenoxy) is 2. The molecule has 30 heavy (non-hydrogen) atoms. The smallest absolute Gasteiger partial charge is 0.191 e. The lowest BCUT2D eigenvalue weighted by atomic mass is 9.46. The molecule has 1 aliphatic heterocycles. The largest absolute Gasteiger partial charge is 0.491 e. The fraction of sp³-hybridized carbons (Fsp3) is 0.696. The Hall–Kier alpha value is -1.06. The number of fused-ring (bicyclic) bond motifs is 2. The molecule has 1 heterocycles. The summed E-state index contributed by atoms with van der Waals surface area (Å²) in [5, 5.41) is 17.6. The lowest BCUT2D eigenvalue weighted by molar-refractivity contribution is -0.171. The number of hydrogen-bond acceptors (Lipinski definition) is 4. The van der Waals surface area contributed by atoms with Crippen molar-refractivity contribution in [3.8, 4) is 5.75 Å². The summed E-state index contributed by atoms with van der Waals surface area (Å²) >= 11 is 0. The van der Waals surface area contributed by atoms with Gasteiger partial charge < -0.3 is 25.2 Å². The second-order valence-corrected chi connectivity index (χ2v) is 8.92. The van der Waals surface area contributed by atoms with Crippen molar-refractivity contribution in [3.05, 3.63) is 29.8 Å². The highest BCUT2D eigenvalue weighted by Gasteiger charge is 2.66. The Morgan fingerprint density at radius 2 is 2.03 bits per heavy atom. The second-order valence-electron chi connectivity index (χ2n) is 8.92. The predicted molar refractivity (Wildman–Crippen MR) is 130 cm³/mol. The van der Waals surface area contributed by atoms with E-state index in [4.69, 9.17) is 14.5 Å². The van der Waals surface area contributed by atoms with E-state index in [-0.39, 0.29) is 30.1 Å². The van der Waals surface area contributed by atoms with Crippen LogP contribution in [0.3, 0.4) is 0 Å². The van der Waals surface area contributed by atoms with Crippen LogP contribution in [0.25, 0.3) is 0 Å². The first-order valence-corrected chi connectivity index (χ1v) is 11.1. The molecule has 0 aromatic heterocycles. The standard InChI is InChI=1S/C23H35N3O3.HI/c1-4-24-22(26-20-18-10-13-28-21(18)23(20)11-5-12-23)25-14-19(27)16-6-8-17(9-7-16)29-15(2)3;/h6-9,15,18-21,27H,4-5,10-14H2,1-3H3,(H2,24,25,26);1H. The number of rotatable bonds is 7. The molecule has 1 aromatic rings. The summed E-state index contributed by atoms with van der Waals surface area (Å²) in [5.41, 5.74) is 1.16. The number of benzene rings is 1. The van der Waals surface area contributed by atoms with Crippen molar-refractivity contribution >= 4 is 29.9 Å². The quantitative estimate of drug-likeness (QED) is 0.286. The highest BCUT2D eigenvalue weighted by atomic mass is 127. The molecule has 3 N–H and O–H groups in total. The Bertz CT molecular complexity index is 721. The first kappa shape index (κ1) is 23.6. The molecule has 6 nitrogen and oxygen atoms in total. The molecule has 3 aliphatic rings. The van der Waals surface area contributed by atoms with E-state index in [1.807, 2.05) is 38.1 Å². The minimum absolute atomic E-state index is 0. The Kier molecular flexibility index (Phi) is 7.90. The summed E-state index contributed by atoms with van der Waals surface area (Å²) in [7, 11) is 0. The summed E-state index contributed by atoms with van der Waals surface area (Å²) < 4.78 is 11.7. The summed E-state index contributed by atoms with van der Waals surface area (Å²) in [6.45, 7) is 8.09. The van der Waals surface area contributed by atoms with Crippen LogP contribution in [0.4, 0.5) is 0 Å². The van der Waals surface area contributed by atoms with E-state index in [9.17, 15) is 5.11 Å². The van der Waals surface area contributed by atoms with Gasteiger partial charge >= 0.3 is 0 Å². The maximum absolute atomic E-state index is 10.6. The van der Waals surface area contributed by atoms with E-state index in [2.05, 4.69) is 17.6 Å². The van der Waals surface area contributed by atoms with E-state index < -0.39 is 6.10 Å². The molecule has 1 saturated heterocycles. The van der Waals surface area contributed by atoms with Gasteiger partial charge in [-0.2, -0.15) is 0 Å². The summed E-state index contributed by atoms with van der Waals surface area (Å²) in [4.78, 5) is 4.69. The molecule has 2 aliphatic carbocycles. The van der Waals surface area contributed by atoms with Crippen LogP contribution in [0.15, 0.2) is 29.3 Å². The third-order valence-corrected chi connectivity index (χ3v) is 6.73. The zero-order chi connectivity index (χ0) is 20.4. The van der Waals surface area contributed by atoms with E-state index in [0.29, 0.717) is 30.0 Å². The molecule has 1 aromatic carbocycles. The molecule has 7 heteroatoms. The van der Waals surface area contributed by atoms with Gasteiger partial charge in [-0.15, -0.1) is 24.0 Å². The number of aliphatic hydroxyl groups is 1. The number of halogens is 1. The number of nitrogens with zero attached hydrogens (tertiary/aromatic N) is 1. The number of hydrogen-bond donors (Lipinski definition) is 3. The predicted octanol–water partition coefficient (Wildman–Crippen LogP) is 3.64. The maximum Gasteiger partial charge on any atom is 0.191 e. The highest BCUT2D eigenvalue weighted by Crippen LogP contribution is 2.62. The van der Waals surface area contributed by atoms with Crippen molar-refractivity contribution < 1.29 is 14.6 Å². The molecule has 4 unspecified atom stereocenters. The van der Waals surface area contributed by atoms with E-state index >= 15 is 0 Å². The molecule has 168 valence electrons. The zero-order valence-electron chi connectivity index (χ0n) is 18.3. The Labute approximate surface area is 197 Å². The first-order chi connectivity index (χ1) is 14.0. The maximum atomic E-state index is 10.6. The SMILES string of the molecule is CCNC(=NCC(O)c1ccc(OC(C)C)cc1)NC1C2CCOC2C12CCC2.I. The molecule has 3 fully saturated rings. The van der Waals surface area contributed by atoms with Crippen LogP contribution >= 0.6 is 24.0 Å². The number of nitrogens with one attached hydrogen (secondary N) is 2. The van der Waals surface area contributed by atoms with Gasteiger partial charge in [0.05, 0.1) is 24.9 Å². The van der Waals surface area contributed by atoms with Crippen LogP contribution in [0.2, 0.25) is 0 Å². The molecule has 4 rings (SSSR count). The molecule has 0 bridgehead atoms. The van der Waals surface area contributed by atoms with Gasteiger partial charge in [-0.3, -0.25) is 4.99 Å². The normalized spacial score (nSPS) is 27.5. The van der Waals surface area contributed by atoms with Gasteiger partial charge in [-0.25, -0.2) is 0 Å². The molecular formula is C23H36IN3O3. The highest BCUT2D eigenvalue weighted by molar-refractivity contribution is 14.0. The number of guanidine groups is 1. The van der Waals surface area contributed by atoms with Gasteiger partial charge in [0.25, 0.3) is 0 Å². The Balaban J connectivity index is 0.00000256. The van der Waals surface area contributed by atoms with Gasteiger partial charge in [-0.1, -0.05) is 18.6 Å². The van der Waals surface area contributed by atoms with Crippen LogP contribution in [0.5, 0.6) is 5.75 Å². The van der Waals surface area contributed by atoms with E-state index in [1.54, 1.807) is 0 Å². The first-order valence-electron chi connectivity index (χ1n) is 11.1. The van der Waals surface area contributed by atoms with Gasteiger partial charge in [0.1, 0.15) is 5.75 Å². The van der Waals surface area contributed by atoms with Crippen molar-refractivity contribution in [2.75, 3.05) is 19.7 Å². The third-order valence-electron chi connectivity index (χ3n) is 6.73. The summed E-state index contributed by atoms with van der Waals surface area (Å²) in [6.07, 6.45) is 4.87. The van der Waals surface area contributed by atoms with Crippen LogP contribution in [0.1, 0.15) is 58.1 Å². The fourth-order valence-corrected chi connectivity index (χ4v) is 5.25. The van der Waals surface area contributed by atoms with Gasteiger partial charge in [0.2, 0.25) is 0 Å². The minimum atomic E-state index is -0.639. The number of aliphatic imine (C=N–C) groups is 1. The average molecular weight is 529 g/mol. The van der Waals surface area contributed by atoms with Gasteiger partial charge in [-0.05, 0) is 57.7 Å². The lowest BCUT2D eigenvalue weighted by Crippen LogP contribution is -2.72. The zero-order valence-corrected chi connectivity index (χ0v) is 20.6. The summed E-state index contributed by atoms with van der Waals surface area (Å²) in [6, 6.07) is 8.06. The second kappa shape index (κ2) is 10.0. The third kappa shape index (κ3) is 4.58. The average Bonchev–Trinajstić information content (AvgIpc) is 3.07. The van der Waals surface area contributed by atoms with Crippen molar-refractivity contribution in [2.45, 2.75) is 70.8 Å². The number of aliphatic hydroxyl groups excluding tert-OH is 1. The Morgan fingerprint density at radius 3 is 2.63 bits per heavy atom. The van der Waals surface area contributed by atoms with Gasteiger partial charge in [0, 0.05) is 30.5 Å². The molecular weight excluding hydrogens is 493 g/mol. The van der Waals surface area contributed by atoms with Gasteiger partial charge in [0.15, 0.2) is 5.96 Å². The molecule has 4 atom stereocenters. The lowest BCUT2D eigenvalue weighted by Gasteiger charge is -2.63. The van der Waals surface area contributed by atoms with Crippen molar-refractivity contribution in [1.82, 2.24) is 10.6 Å². The topological polar surface area (TPSA) is 75.1 Å². The fourth-order valence-electron chi connectivity index (χ4n) is 5.25. The monoisotopic (exact) mass is 529 g/mol. The molecule has 2 saturated carbocycles.